The third kappa shape index (κ3) is 4.18. The first-order valence-corrected chi connectivity index (χ1v) is 5.74. The molecule has 0 saturated carbocycles. The highest BCUT2D eigenvalue weighted by Gasteiger charge is 2.08. The van der Waals surface area contributed by atoms with Crippen molar-refractivity contribution < 1.29 is 9.13 Å². The van der Waals surface area contributed by atoms with Gasteiger partial charge in [-0.3, -0.25) is 0 Å². The van der Waals surface area contributed by atoms with Crippen LogP contribution in [0.4, 0.5) is 4.39 Å². The van der Waals surface area contributed by atoms with Gasteiger partial charge in [0.2, 0.25) is 0 Å². The molecular formula is C11H15BrFNO. The molecule has 0 aliphatic rings. The summed E-state index contributed by atoms with van der Waals surface area (Å²) in [5.74, 6) is -0.0494. The molecule has 1 unspecified atom stereocenters. The van der Waals surface area contributed by atoms with E-state index in [9.17, 15) is 4.39 Å². The second-order valence-electron chi connectivity index (χ2n) is 3.43. The van der Waals surface area contributed by atoms with Crippen LogP contribution in [0.3, 0.4) is 0 Å². The van der Waals surface area contributed by atoms with Crippen LogP contribution in [0.5, 0.6) is 5.75 Å². The lowest BCUT2D eigenvalue weighted by Crippen LogP contribution is -2.14. The van der Waals surface area contributed by atoms with Gasteiger partial charge in [0.1, 0.15) is 0 Å². The average molecular weight is 276 g/mol. The van der Waals surface area contributed by atoms with Crippen molar-refractivity contribution in [1.29, 1.82) is 0 Å². The minimum absolute atomic E-state index is 0.00998. The van der Waals surface area contributed by atoms with Gasteiger partial charge in [0.25, 0.3) is 0 Å². The summed E-state index contributed by atoms with van der Waals surface area (Å²) >= 11 is 3.19. The second-order valence-corrected chi connectivity index (χ2v) is 4.35. The molecule has 0 saturated heterocycles. The molecule has 84 valence electrons. The zero-order chi connectivity index (χ0) is 11.3. The number of nitrogens with two attached hydrogens (primary N) is 1. The van der Waals surface area contributed by atoms with E-state index in [1.807, 2.05) is 6.92 Å². The van der Waals surface area contributed by atoms with E-state index in [-0.39, 0.29) is 11.9 Å². The molecule has 1 aromatic carbocycles. The molecule has 0 fully saturated rings. The summed E-state index contributed by atoms with van der Waals surface area (Å²) in [7, 11) is 0. The molecule has 2 N–H and O–H groups in total. The lowest BCUT2D eigenvalue weighted by atomic mass is 10.2. The Morgan fingerprint density at radius 2 is 2.27 bits per heavy atom. The fourth-order valence-electron chi connectivity index (χ4n) is 1.25. The molecular weight excluding hydrogens is 261 g/mol. The Labute approximate surface area is 97.7 Å². The number of rotatable bonds is 5. The van der Waals surface area contributed by atoms with Crippen LogP contribution >= 0.6 is 15.9 Å². The van der Waals surface area contributed by atoms with Crippen molar-refractivity contribution in [3.05, 3.63) is 28.5 Å². The lowest BCUT2D eigenvalue weighted by Gasteiger charge is -2.14. The Hall–Kier alpha value is -0.610. The summed E-state index contributed by atoms with van der Waals surface area (Å²) in [4.78, 5) is 0. The van der Waals surface area contributed by atoms with Gasteiger partial charge in [-0.1, -0.05) is 15.9 Å². The molecule has 4 heteroatoms. The second kappa shape index (κ2) is 6.08. The maximum Gasteiger partial charge on any atom is 0.166 e. The van der Waals surface area contributed by atoms with Gasteiger partial charge in [0, 0.05) is 4.47 Å². The average Bonchev–Trinajstić information content (AvgIpc) is 2.19. The highest BCUT2D eigenvalue weighted by atomic mass is 79.9. The van der Waals surface area contributed by atoms with Gasteiger partial charge in [0.15, 0.2) is 11.6 Å². The van der Waals surface area contributed by atoms with Gasteiger partial charge < -0.3 is 10.5 Å². The molecule has 1 rings (SSSR count). The van der Waals surface area contributed by atoms with E-state index < -0.39 is 0 Å². The van der Waals surface area contributed by atoms with Crippen molar-refractivity contribution in [3.8, 4) is 5.75 Å². The Bertz CT molecular complexity index is 319. The molecule has 0 amide bonds. The SMILES string of the molecule is CC(CCCN)Oc1ccc(Br)cc1F. The van der Waals surface area contributed by atoms with E-state index in [1.165, 1.54) is 6.07 Å². The van der Waals surface area contributed by atoms with Crippen LogP contribution < -0.4 is 10.5 Å². The van der Waals surface area contributed by atoms with Crippen LogP contribution in [0.25, 0.3) is 0 Å². The molecule has 1 aromatic rings. The van der Waals surface area contributed by atoms with Crippen LogP contribution in [0.2, 0.25) is 0 Å². The molecule has 2 nitrogen and oxygen atoms in total. The van der Waals surface area contributed by atoms with Crippen molar-refractivity contribution in [2.75, 3.05) is 6.54 Å². The summed E-state index contributed by atoms with van der Waals surface area (Å²) < 4.78 is 19.5. The van der Waals surface area contributed by atoms with Crippen molar-refractivity contribution in [2.24, 2.45) is 5.73 Å². The maximum atomic E-state index is 13.4. The summed E-state index contributed by atoms with van der Waals surface area (Å²) in [6, 6.07) is 4.78. The van der Waals surface area contributed by atoms with Crippen LogP contribution in [0.15, 0.2) is 22.7 Å². The molecule has 0 radical (unpaired) electrons. The Kier molecular flexibility index (Phi) is 5.05. The fraction of sp³-hybridized carbons (Fsp3) is 0.455. The van der Waals surface area contributed by atoms with Gasteiger partial charge >= 0.3 is 0 Å². The summed E-state index contributed by atoms with van der Waals surface area (Å²) in [6.07, 6.45) is 1.72. The molecule has 0 heterocycles. The Balaban J connectivity index is 2.56. The minimum atomic E-state index is -0.344. The van der Waals surface area contributed by atoms with Crippen molar-refractivity contribution in [1.82, 2.24) is 0 Å². The summed E-state index contributed by atoms with van der Waals surface area (Å²) in [6.45, 7) is 2.55. The van der Waals surface area contributed by atoms with E-state index in [4.69, 9.17) is 10.5 Å². The first kappa shape index (κ1) is 12.5. The summed E-state index contributed by atoms with van der Waals surface area (Å²) in [5, 5.41) is 0. The molecule has 0 aromatic heterocycles. The summed E-state index contributed by atoms with van der Waals surface area (Å²) in [5.41, 5.74) is 5.38. The van der Waals surface area contributed by atoms with E-state index in [1.54, 1.807) is 12.1 Å². The van der Waals surface area contributed by atoms with Crippen molar-refractivity contribution in [2.45, 2.75) is 25.9 Å². The van der Waals surface area contributed by atoms with Gasteiger partial charge in [-0.15, -0.1) is 0 Å². The highest BCUT2D eigenvalue weighted by Crippen LogP contribution is 2.22. The predicted octanol–water partition coefficient (Wildman–Crippen LogP) is 3.09. The minimum Gasteiger partial charge on any atom is -0.488 e. The number of hydrogen-bond donors (Lipinski definition) is 1. The molecule has 1 atom stereocenters. The highest BCUT2D eigenvalue weighted by molar-refractivity contribution is 9.10. The topological polar surface area (TPSA) is 35.2 Å². The van der Waals surface area contributed by atoms with E-state index in [0.29, 0.717) is 16.8 Å². The van der Waals surface area contributed by atoms with Crippen molar-refractivity contribution >= 4 is 15.9 Å². The van der Waals surface area contributed by atoms with Crippen LogP contribution in [0.1, 0.15) is 19.8 Å². The van der Waals surface area contributed by atoms with E-state index in [2.05, 4.69) is 15.9 Å². The predicted molar refractivity (Wildman–Crippen MR) is 62.5 cm³/mol. The monoisotopic (exact) mass is 275 g/mol. The van der Waals surface area contributed by atoms with Gasteiger partial charge in [-0.05, 0) is 44.5 Å². The van der Waals surface area contributed by atoms with Gasteiger partial charge in [-0.25, -0.2) is 4.39 Å². The molecule has 0 spiro atoms. The zero-order valence-electron chi connectivity index (χ0n) is 8.67. The van der Waals surface area contributed by atoms with Gasteiger partial charge in [0.05, 0.1) is 6.10 Å². The first-order valence-electron chi connectivity index (χ1n) is 4.95. The van der Waals surface area contributed by atoms with Crippen LogP contribution in [-0.4, -0.2) is 12.6 Å². The largest absolute Gasteiger partial charge is 0.488 e. The fourth-order valence-corrected chi connectivity index (χ4v) is 1.58. The lowest BCUT2D eigenvalue weighted by molar-refractivity contribution is 0.199. The van der Waals surface area contributed by atoms with Crippen molar-refractivity contribution in [3.63, 3.8) is 0 Å². The number of benzene rings is 1. The van der Waals surface area contributed by atoms with E-state index >= 15 is 0 Å². The smallest absolute Gasteiger partial charge is 0.166 e. The Morgan fingerprint density at radius 1 is 1.53 bits per heavy atom. The molecule has 0 aliphatic heterocycles. The van der Waals surface area contributed by atoms with E-state index in [0.717, 1.165) is 12.8 Å². The number of ether oxygens (including phenoxy) is 1. The van der Waals surface area contributed by atoms with Gasteiger partial charge in [-0.2, -0.15) is 0 Å². The zero-order valence-corrected chi connectivity index (χ0v) is 10.3. The molecule has 0 bridgehead atoms. The molecule has 0 aliphatic carbocycles. The third-order valence-electron chi connectivity index (χ3n) is 2.04. The number of halogens is 2. The maximum absolute atomic E-state index is 13.4. The number of hydrogen-bond acceptors (Lipinski definition) is 2. The third-order valence-corrected chi connectivity index (χ3v) is 2.53. The quantitative estimate of drug-likeness (QED) is 0.896. The van der Waals surface area contributed by atoms with Crippen LogP contribution in [-0.2, 0) is 0 Å². The first-order chi connectivity index (χ1) is 7.13. The van der Waals surface area contributed by atoms with Crippen LogP contribution in [0, 0.1) is 5.82 Å². The molecule has 15 heavy (non-hydrogen) atoms. The Morgan fingerprint density at radius 3 is 2.87 bits per heavy atom. The standard InChI is InChI=1S/C11H15BrFNO/c1-8(3-2-6-14)15-11-5-4-9(12)7-10(11)13/h4-5,7-8H,2-3,6,14H2,1H3. The normalized spacial score (nSPS) is 12.5.